The molecule has 1 aromatic heterocycles. The molecular formula is C24H20Br3N3O2. The Labute approximate surface area is 211 Å². The van der Waals surface area contributed by atoms with Crippen molar-refractivity contribution in [1.82, 2.24) is 9.66 Å². The molecule has 4 rings (SSSR count). The molecule has 164 valence electrons. The summed E-state index contributed by atoms with van der Waals surface area (Å²) in [7, 11) is 0. The molecular weight excluding hydrogens is 602 g/mol. The van der Waals surface area contributed by atoms with Crippen LogP contribution in [-0.2, 0) is 0 Å². The molecule has 1 aliphatic carbocycles. The number of hydrogen-bond acceptors (Lipinski definition) is 4. The molecule has 5 nitrogen and oxygen atoms in total. The minimum Gasteiger partial charge on any atom is -0.479 e. The average Bonchev–Trinajstić information content (AvgIpc) is 2.79. The SMILES string of the molecule is C#CCOc1c(Br)cc(C=Nn2c(C3CCCCC3)nc3ccc(Br)cc3c2=O)cc1Br. The predicted molar refractivity (Wildman–Crippen MR) is 139 cm³/mol. The maximum Gasteiger partial charge on any atom is 0.282 e. The largest absolute Gasteiger partial charge is 0.479 e. The van der Waals surface area contributed by atoms with E-state index in [0.717, 1.165) is 50.5 Å². The molecule has 3 aromatic rings. The molecule has 0 amide bonds. The molecule has 0 aliphatic heterocycles. The second-order valence-corrected chi connectivity index (χ2v) is 10.3. The monoisotopic (exact) mass is 619 g/mol. The number of terminal acetylenes is 1. The minimum absolute atomic E-state index is 0.166. The molecule has 0 radical (unpaired) electrons. The molecule has 0 bridgehead atoms. The highest BCUT2D eigenvalue weighted by Gasteiger charge is 2.22. The van der Waals surface area contributed by atoms with Crippen molar-refractivity contribution in [2.24, 2.45) is 5.10 Å². The van der Waals surface area contributed by atoms with Crippen molar-refractivity contribution in [2.45, 2.75) is 38.0 Å². The molecule has 0 N–H and O–H groups in total. The minimum atomic E-state index is -0.166. The Morgan fingerprint density at radius 3 is 2.56 bits per heavy atom. The van der Waals surface area contributed by atoms with E-state index in [0.29, 0.717) is 16.7 Å². The van der Waals surface area contributed by atoms with E-state index in [1.807, 2.05) is 24.3 Å². The number of halogens is 3. The van der Waals surface area contributed by atoms with E-state index in [4.69, 9.17) is 16.1 Å². The van der Waals surface area contributed by atoms with Gasteiger partial charge in [-0.25, -0.2) is 4.98 Å². The molecule has 0 atom stereocenters. The summed E-state index contributed by atoms with van der Waals surface area (Å²) in [4.78, 5) is 18.3. The van der Waals surface area contributed by atoms with Crippen LogP contribution in [-0.4, -0.2) is 22.5 Å². The van der Waals surface area contributed by atoms with Crippen LogP contribution in [0.3, 0.4) is 0 Å². The van der Waals surface area contributed by atoms with Crippen molar-refractivity contribution in [2.75, 3.05) is 6.61 Å². The standard InChI is InChI=1S/C24H20Br3N3O2/c1-2-10-32-22-19(26)11-15(12-20(22)27)14-28-30-23(16-6-4-3-5-7-16)29-21-9-8-17(25)13-18(21)24(30)31/h1,8-9,11-14,16H,3-7,10H2. The summed E-state index contributed by atoms with van der Waals surface area (Å²) >= 11 is 10.5. The van der Waals surface area contributed by atoms with Crippen LogP contribution in [0.2, 0.25) is 0 Å². The lowest BCUT2D eigenvalue weighted by Gasteiger charge is -2.22. The molecule has 1 saturated carbocycles. The Balaban J connectivity index is 1.79. The van der Waals surface area contributed by atoms with Gasteiger partial charge in [-0.1, -0.05) is 41.1 Å². The first-order valence-electron chi connectivity index (χ1n) is 10.3. The predicted octanol–water partition coefficient (Wildman–Crippen LogP) is 6.63. The normalized spacial score (nSPS) is 14.7. The molecule has 0 spiro atoms. The quantitative estimate of drug-likeness (QED) is 0.238. The Kier molecular flexibility index (Phi) is 7.49. The van der Waals surface area contributed by atoms with Crippen LogP contribution in [0.15, 0.2) is 53.6 Å². The molecule has 1 fully saturated rings. The van der Waals surface area contributed by atoms with Crippen LogP contribution in [0.25, 0.3) is 10.9 Å². The zero-order valence-corrected chi connectivity index (χ0v) is 21.9. The highest BCUT2D eigenvalue weighted by molar-refractivity contribution is 9.11. The maximum atomic E-state index is 13.4. The summed E-state index contributed by atoms with van der Waals surface area (Å²) in [6.07, 6.45) is 12.5. The van der Waals surface area contributed by atoms with Crippen molar-refractivity contribution < 1.29 is 4.74 Å². The van der Waals surface area contributed by atoms with Gasteiger partial charge in [-0.2, -0.15) is 9.78 Å². The summed E-state index contributed by atoms with van der Waals surface area (Å²) in [5, 5.41) is 5.13. The Hall–Kier alpha value is -1.95. The van der Waals surface area contributed by atoms with Crippen molar-refractivity contribution >= 4 is 64.9 Å². The van der Waals surface area contributed by atoms with Gasteiger partial charge in [-0.3, -0.25) is 4.79 Å². The van der Waals surface area contributed by atoms with Crippen LogP contribution < -0.4 is 10.3 Å². The Morgan fingerprint density at radius 1 is 1.16 bits per heavy atom. The Bertz CT molecular complexity index is 1270. The summed E-state index contributed by atoms with van der Waals surface area (Å²) < 4.78 is 9.35. The molecule has 2 aromatic carbocycles. The van der Waals surface area contributed by atoms with Crippen molar-refractivity contribution in [3.05, 3.63) is 65.5 Å². The highest BCUT2D eigenvalue weighted by Crippen LogP contribution is 2.35. The van der Waals surface area contributed by atoms with Gasteiger partial charge in [0.15, 0.2) is 0 Å². The van der Waals surface area contributed by atoms with Gasteiger partial charge in [-0.05, 0) is 80.6 Å². The number of rotatable bonds is 5. The van der Waals surface area contributed by atoms with E-state index in [-0.39, 0.29) is 18.1 Å². The lowest BCUT2D eigenvalue weighted by molar-refractivity contribution is 0.365. The van der Waals surface area contributed by atoms with Crippen molar-refractivity contribution in [3.8, 4) is 18.1 Å². The third-order valence-electron chi connectivity index (χ3n) is 5.45. The zero-order valence-electron chi connectivity index (χ0n) is 17.2. The average molecular weight is 622 g/mol. The summed E-state index contributed by atoms with van der Waals surface area (Å²) in [6, 6.07) is 9.33. The molecule has 1 aliphatic rings. The van der Waals surface area contributed by atoms with E-state index >= 15 is 0 Å². The molecule has 1 heterocycles. The fraction of sp³-hybridized carbons (Fsp3) is 0.292. The van der Waals surface area contributed by atoms with E-state index in [1.54, 1.807) is 12.3 Å². The van der Waals surface area contributed by atoms with Gasteiger partial charge in [0.25, 0.3) is 5.56 Å². The Morgan fingerprint density at radius 2 is 1.88 bits per heavy atom. The van der Waals surface area contributed by atoms with Crippen LogP contribution in [0.4, 0.5) is 0 Å². The van der Waals surface area contributed by atoms with Gasteiger partial charge in [0.1, 0.15) is 18.2 Å². The van der Waals surface area contributed by atoms with Crippen molar-refractivity contribution in [3.63, 3.8) is 0 Å². The van der Waals surface area contributed by atoms with Crippen LogP contribution in [0.1, 0.15) is 49.4 Å². The number of nitrogens with zero attached hydrogens (tertiary/aromatic N) is 3. The number of hydrogen-bond donors (Lipinski definition) is 0. The van der Waals surface area contributed by atoms with Crippen molar-refractivity contribution in [1.29, 1.82) is 0 Å². The molecule has 0 unspecified atom stereocenters. The van der Waals surface area contributed by atoms with Gasteiger partial charge in [-0.15, -0.1) is 6.42 Å². The summed E-state index contributed by atoms with van der Waals surface area (Å²) in [5.74, 6) is 4.03. The molecule has 8 heteroatoms. The van der Waals surface area contributed by atoms with Gasteiger partial charge in [0.05, 0.1) is 26.1 Å². The fourth-order valence-electron chi connectivity index (χ4n) is 3.93. The first-order valence-corrected chi connectivity index (χ1v) is 12.7. The van der Waals surface area contributed by atoms with Crippen LogP contribution in [0, 0.1) is 12.3 Å². The van der Waals surface area contributed by atoms with E-state index < -0.39 is 0 Å². The topological polar surface area (TPSA) is 56.5 Å². The second-order valence-electron chi connectivity index (χ2n) is 7.63. The summed E-state index contributed by atoms with van der Waals surface area (Å²) in [5.41, 5.74) is 1.33. The molecule has 32 heavy (non-hydrogen) atoms. The third kappa shape index (κ3) is 5.00. The van der Waals surface area contributed by atoms with E-state index in [2.05, 4.69) is 58.8 Å². The van der Waals surface area contributed by atoms with Gasteiger partial charge in [0.2, 0.25) is 0 Å². The number of benzene rings is 2. The van der Waals surface area contributed by atoms with E-state index in [9.17, 15) is 4.79 Å². The van der Waals surface area contributed by atoms with E-state index in [1.165, 1.54) is 11.1 Å². The smallest absolute Gasteiger partial charge is 0.282 e. The number of ether oxygens (including phenoxy) is 1. The lowest BCUT2D eigenvalue weighted by atomic mass is 9.88. The summed E-state index contributed by atoms with van der Waals surface area (Å²) in [6.45, 7) is 0.170. The number of aromatic nitrogens is 2. The van der Waals surface area contributed by atoms with Gasteiger partial charge >= 0.3 is 0 Å². The first kappa shape index (κ1) is 23.2. The highest BCUT2D eigenvalue weighted by atomic mass is 79.9. The maximum absolute atomic E-state index is 13.4. The fourth-order valence-corrected chi connectivity index (χ4v) is 5.74. The van der Waals surface area contributed by atoms with Gasteiger partial charge in [0, 0.05) is 10.4 Å². The third-order valence-corrected chi connectivity index (χ3v) is 7.12. The number of fused-ring (bicyclic) bond motifs is 1. The van der Waals surface area contributed by atoms with Crippen LogP contribution >= 0.6 is 47.8 Å². The lowest BCUT2D eigenvalue weighted by Crippen LogP contribution is -2.25. The molecule has 0 saturated heterocycles. The first-order chi connectivity index (χ1) is 15.5. The zero-order chi connectivity index (χ0) is 22.7. The second kappa shape index (κ2) is 10.3. The van der Waals surface area contributed by atoms with Crippen LogP contribution in [0.5, 0.6) is 5.75 Å². The van der Waals surface area contributed by atoms with Gasteiger partial charge < -0.3 is 4.74 Å².